The van der Waals surface area contributed by atoms with Crippen LogP contribution in [0.4, 0.5) is 20.3 Å². The molecule has 65 heavy (non-hydrogen) atoms. The molecule has 5 fully saturated rings. The number of likely N-dealkylation sites (tertiary alicyclic amines) is 1. The molecule has 5 aromatic heterocycles. The number of imide groups is 1. The monoisotopic (exact) mass is 885 g/mol. The summed E-state index contributed by atoms with van der Waals surface area (Å²) in [5.74, 6) is 6.64. The van der Waals surface area contributed by atoms with E-state index >= 15 is 0 Å². The van der Waals surface area contributed by atoms with Crippen LogP contribution in [0.25, 0.3) is 27.6 Å². The van der Waals surface area contributed by atoms with Crippen LogP contribution in [0, 0.1) is 17.8 Å². The Bertz CT molecular complexity index is 2870. The third-order valence-corrected chi connectivity index (χ3v) is 14.0. The van der Waals surface area contributed by atoms with Crippen LogP contribution in [0.2, 0.25) is 0 Å². The van der Waals surface area contributed by atoms with Crippen molar-refractivity contribution >= 4 is 56.8 Å². The van der Waals surface area contributed by atoms with Gasteiger partial charge in [0.05, 0.1) is 48.3 Å². The van der Waals surface area contributed by atoms with E-state index in [0.717, 1.165) is 98.8 Å². The van der Waals surface area contributed by atoms with E-state index in [1.807, 2.05) is 41.0 Å². The molecule has 3 atom stereocenters. The first-order valence-electron chi connectivity index (χ1n) is 22.7. The Morgan fingerprint density at radius 1 is 1.02 bits per heavy atom. The van der Waals surface area contributed by atoms with Gasteiger partial charge in [-0.05, 0) is 87.6 Å². The number of morpholine rings is 1. The number of alkyl halides is 2. The SMILES string of the molecule is O=C1CCC(n2c3cccc(C#CCOC4CCN(C[C@H]5CC[C@H](n6cc(NC(=O)c7cnn8ccc(N9C[C@H]%10C[C@@H]9CO%10)nc78)c(C(F)F)n6)CC5)CC4)c3c3cccnc32)C(=O)N1. The highest BCUT2D eigenvalue weighted by atomic mass is 19.3. The average molecular weight is 886 g/mol. The standard InChI is InChI=1S/C47H49F2N11O5/c48-43(49)42-36(52-46(62)35-23-51-58-20-16-39(53-45(35)58)57-25-33-22-31(57)27-65-33)26-59(55-42)30-10-8-28(9-11-30)24-56-18-14-32(15-19-56)64-21-3-5-29-4-1-7-37-41(29)34-6-2-17-50-44(34)60(37)38-12-13-40(61)54-47(38)63/h1-2,4,6-7,16-17,20,23,26,28,30-33,38,43H,8-15,18-19,21-22,24-25,27H2,(H,52,62)(H,54,61,63)/t28-,30-,31-,33-,38?/m1/s1. The maximum absolute atomic E-state index is 14.3. The summed E-state index contributed by atoms with van der Waals surface area (Å²) in [6.07, 6.45) is 10.9. The zero-order chi connectivity index (χ0) is 44.2. The summed E-state index contributed by atoms with van der Waals surface area (Å²) in [6, 6.07) is 11.3. The Balaban J connectivity index is 0.667. The van der Waals surface area contributed by atoms with Crippen molar-refractivity contribution in [2.24, 2.45) is 5.92 Å². The second kappa shape index (κ2) is 17.3. The van der Waals surface area contributed by atoms with E-state index < -0.39 is 24.1 Å². The number of carbonyl (C=O) groups is 3. The molecule has 1 aliphatic carbocycles. The number of nitrogens with one attached hydrogen (secondary N) is 2. The summed E-state index contributed by atoms with van der Waals surface area (Å²) in [7, 11) is 0. The number of anilines is 2. The van der Waals surface area contributed by atoms with Gasteiger partial charge in [0.25, 0.3) is 12.3 Å². The van der Waals surface area contributed by atoms with Crippen LogP contribution in [0.15, 0.2) is 61.2 Å². The maximum Gasteiger partial charge on any atom is 0.284 e. The van der Waals surface area contributed by atoms with Gasteiger partial charge in [-0.2, -0.15) is 10.2 Å². The molecule has 11 rings (SSSR count). The Morgan fingerprint density at radius 3 is 2.66 bits per heavy atom. The molecule has 0 spiro atoms. The van der Waals surface area contributed by atoms with Crippen molar-refractivity contribution in [1.29, 1.82) is 0 Å². The number of fused-ring (bicyclic) bond motifs is 6. The van der Waals surface area contributed by atoms with E-state index in [1.165, 1.54) is 10.7 Å². The summed E-state index contributed by atoms with van der Waals surface area (Å²) >= 11 is 0. The van der Waals surface area contributed by atoms with Crippen molar-refractivity contribution < 1.29 is 32.6 Å². The molecule has 5 aliphatic rings. The van der Waals surface area contributed by atoms with E-state index in [0.29, 0.717) is 36.8 Å². The van der Waals surface area contributed by atoms with Gasteiger partial charge in [0, 0.05) is 67.5 Å². The summed E-state index contributed by atoms with van der Waals surface area (Å²) < 4.78 is 45.7. The minimum absolute atomic E-state index is 0.00188. The minimum atomic E-state index is -2.86. The second-order valence-electron chi connectivity index (χ2n) is 18.0. The topological polar surface area (TPSA) is 166 Å². The van der Waals surface area contributed by atoms with Crippen molar-refractivity contribution in [3.63, 3.8) is 0 Å². The predicted molar refractivity (Wildman–Crippen MR) is 236 cm³/mol. The highest BCUT2D eigenvalue weighted by molar-refractivity contribution is 6.11. The third-order valence-electron chi connectivity index (χ3n) is 14.0. The van der Waals surface area contributed by atoms with Gasteiger partial charge in [0.2, 0.25) is 11.8 Å². The average Bonchev–Trinajstić information content (AvgIpc) is 4.17. The Kier molecular flexibility index (Phi) is 11.0. The van der Waals surface area contributed by atoms with E-state index in [-0.39, 0.29) is 53.8 Å². The molecule has 9 heterocycles. The summed E-state index contributed by atoms with van der Waals surface area (Å²) in [4.78, 5) is 52.4. The first-order chi connectivity index (χ1) is 31.7. The number of aromatic nitrogens is 7. The van der Waals surface area contributed by atoms with Gasteiger partial charge < -0.3 is 29.2 Å². The zero-order valence-corrected chi connectivity index (χ0v) is 35.7. The maximum atomic E-state index is 14.3. The molecule has 3 amide bonds. The Labute approximate surface area is 372 Å². The fourth-order valence-corrected chi connectivity index (χ4v) is 10.7. The van der Waals surface area contributed by atoms with Crippen molar-refractivity contribution in [3.05, 3.63) is 78.0 Å². The third kappa shape index (κ3) is 7.99. The number of amides is 3. The fraction of sp³-hybridized carbons (Fsp3) is 0.468. The van der Waals surface area contributed by atoms with Crippen molar-refractivity contribution in [2.45, 2.75) is 94.5 Å². The highest BCUT2D eigenvalue weighted by Gasteiger charge is 2.40. The number of rotatable bonds is 10. The van der Waals surface area contributed by atoms with Gasteiger partial charge in [0.15, 0.2) is 11.3 Å². The number of hydrogen-bond acceptors (Lipinski definition) is 11. The molecule has 4 saturated heterocycles. The first-order valence-corrected chi connectivity index (χ1v) is 22.7. The number of ether oxygens (including phenoxy) is 2. The molecule has 2 bridgehead atoms. The molecule has 6 aromatic rings. The molecule has 4 aliphatic heterocycles. The number of carbonyl (C=O) groups excluding carboxylic acids is 3. The number of hydrogen-bond donors (Lipinski definition) is 2. The molecule has 1 unspecified atom stereocenters. The quantitative estimate of drug-likeness (QED) is 0.126. The first kappa shape index (κ1) is 41.4. The van der Waals surface area contributed by atoms with Gasteiger partial charge in [-0.3, -0.25) is 24.4 Å². The minimum Gasteiger partial charge on any atom is -0.374 e. The van der Waals surface area contributed by atoms with Crippen LogP contribution in [-0.4, -0.2) is 114 Å². The van der Waals surface area contributed by atoms with Crippen molar-refractivity contribution in [3.8, 4) is 11.8 Å². The van der Waals surface area contributed by atoms with Crippen LogP contribution in [0.1, 0.15) is 97.9 Å². The molecule has 2 N–H and O–H groups in total. The lowest BCUT2D eigenvalue weighted by Crippen LogP contribution is -2.41. The van der Waals surface area contributed by atoms with E-state index in [9.17, 15) is 23.2 Å². The number of benzene rings is 1. The molecule has 0 radical (unpaired) electrons. The molecular formula is C47H49F2N11O5. The van der Waals surface area contributed by atoms with Crippen LogP contribution >= 0.6 is 0 Å². The van der Waals surface area contributed by atoms with Crippen molar-refractivity contribution in [1.82, 2.24) is 44.1 Å². The van der Waals surface area contributed by atoms with Crippen LogP contribution < -0.4 is 15.5 Å². The number of pyridine rings is 1. The highest BCUT2D eigenvalue weighted by Crippen LogP contribution is 2.38. The molecule has 1 saturated carbocycles. The lowest BCUT2D eigenvalue weighted by molar-refractivity contribution is -0.135. The van der Waals surface area contributed by atoms with Gasteiger partial charge >= 0.3 is 0 Å². The van der Waals surface area contributed by atoms with Gasteiger partial charge in [-0.25, -0.2) is 23.3 Å². The summed E-state index contributed by atoms with van der Waals surface area (Å²) in [5.41, 5.74) is 2.48. The second-order valence-corrected chi connectivity index (χ2v) is 18.0. The molecular weight excluding hydrogens is 837 g/mol. The zero-order valence-electron chi connectivity index (χ0n) is 35.7. The molecule has 1 aromatic carbocycles. The van der Waals surface area contributed by atoms with Crippen molar-refractivity contribution in [2.75, 3.05) is 49.6 Å². The smallest absolute Gasteiger partial charge is 0.284 e. The normalized spacial score (nSPS) is 24.0. The fourth-order valence-electron chi connectivity index (χ4n) is 10.7. The number of piperidine rings is 2. The summed E-state index contributed by atoms with van der Waals surface area (Å²) in [6.45, 7) is 4.53. The van der Waals surface area contributed by atoms with Crippen LogP contribution in [-0.2, 0) is 19.1 Å². The van der Waals surface area contributed by atoms with E-state index in [4.69, 9.17) is 14.5 Å². The molecule has 336 valence electrons. The van der Waals surface area contributed by atoms with Gasteiger partial charge in [0.1, 0.15) is 29.7 Å². The molecule has 16 nitrogen and oxygen atoms in total. The lowest BCUT2D eigenvalue weighted by atomic mass is 9.85. The number of nitrogens with zero attached hydrogens (tertiary/aromatic N) is 9. The Hall–Kier alpha value is -6.29. The van der Waals surface area contributed by atoms with E-state index in [1.54, 1.807) is 23.3 Å². The Morgan fingerprint density at radius 2 is 1.88 bits per heavy atom. The predicted octanol–water partition coefficient (Wildman–Crippen LogP) is 5.84. The lowest BCUT2D eigenvalue weighted by Gasteiger charge is -2.36. The largest absolute Gasteiger partial charge is 0.374 e. The number of halogens is 2. The van der Waals surface area contributed by atoms with Gasteiger partial charge in [-0.15, -0.1) is 0 Å². The summed E-state index contributed by atoms with van der Waals surface area (Å²) in [5, 5.41) is 15.6. The van der Waals surface area contributed by atoms with Gasteiger partial charge in [-0.1, -0.05) is 17.9 Å². The van der Waals surface area contributed by atoms with E-state index in [2.05, 4.69) is 47.5 Å². The molecule has 18 heteroatoms. The van der Waals surface area contributed by atoms with Crippen LogP contribution in [0.5, 0.6) is 0 Å². The van der Waals surface area contributed by atoms with Crippen LogP contribution in [0.3, 0.4) is 0 Å².